The van der Waals surface area contributed by atoms with Crippen LogP contribution in [0.5, 0.6) is 0 Å². The molecule has 0 saturated heterocycles. The molecule has 1 heterocycles. The van der Waals surface area contributed by atoms with Crippen LogP contribution in [0, 0.1) is 6.92 Å². The summed E-state index contributed by atoms with van der Waals surface area (Å²) in [6, 6.07) is 7.38. The van der Waals surface area contributed by atoms with Crippen molar-refractivity contribution in [3.8, 4) is 0 Å². The van der Waals surface area contributed by atoms with Crippen LogP contribution in [-0.2, 0) is 12.6 Å². The zero-order chi connectivity index (χ0) is 14.9. The molecule has 0 saturated carbocycles. The predicted molar refractivity (Wildman–Crippen MR) is 83.6 cm³/mol. The van der Waals surface area contributed by atoms with Crippen molar-refractivity contribution in [2.24, 2.45) is 0 Å². The molecule has 0 aliphatic rings. The van der Waals surface area contributed by atoms with E-state index < -0.39 is 11.7 Å². The van der Waals surface area contributed by atoms with Gasteiger partial charge >= 0.3 is 6.18 Å². The molecule has 0 aliphatic carbocycles. The Morgan fingerprint density at radius 2 is 1.80 bits per heavy atom. The lowest BCUT2D eigenvalue weighted by Crippen LogP contribution is -2.05. The molecule has 0 spiro atoms. The fourth-order valence-electron chi connectivity index (χ4n) is 1.92. The molecule has 1 unspecified atom stereocenters. The van der Waals surface area contributed by atoms with Crippen LogP contribution in [0.1, 0.15) is 26.4 Å². The first-order chi connectivity index (χ1) is 9.27. The van der Waals surface area contributed by atoms with Crippen molar-refractivity contribution in [2.45, 2.75) is 24.3 Å². The number of hydrogen-bond donors (Lipinski definition) is 0. The molecule has 2 rings (SSSR count). The molecular formula is C14H11Br2F3S. The standard InChI is InChI=1S/C14H11Br2F3S/c1-8-11(7-13(16)20-8)12(15)6-9-2-4-10(5-3-9)14(17,18)19/h2-5,7,12H,6H2,1H3. The van der Waals surface area contributed by atoms with Crippen molar-refractivity contribution >= 4 is 43.2 Å². The lowest BCUT2D eigenvalue weighted by molar-refractivity contribution is -0.137. The minimum absolute atomic E-state index is 0.0989. The molecular weight excluding hydrogens is 417 g/mol. The molecule has 1 aromatic carbocycles. The minimum atomic E-state index is -4.28. The highest BCUT2D eigenvalue weighted by molar-refractivity contribution is 9.11. The molecule has 2 aromatic rings. The van der Waals surface area contributed by atoms with E-state index in [2.05, 4.69) is 31.9 Å². The maximum atomic E-state index is 12.5. The summed E-state index contributed by atoms with van der Waals surface area (Å²) in [6.07, 6.45) is -3.62. The van der Waals surface area contributed by atoms with Gasteiger partial charge in [-0.15, -0.1) is 11.3 Å². The lowest BCUT2D eigenvalue weighted by atomic mass is 10.0. The van der Waals surface area contributed by atoms with Crippen molar-refractivity contribution in [1.82, 2.24) is 0 Å². The van der Waals surface area contributed by atoms with Crippen LogP contribution in [0.15, 0.2) is 34.1 Å². The van der Waals surface area contributed by atoms with Crippen LogP contribution in [0.25, 0.3) is 0 Å². The molecule has 0 radical (unpaired) electrons. The SMILES string of the molecule is Cc1sc(Br)cc1C(Br)Cc1ccc(C(F)(F)F)cc1. The summed E-state index contributed by atoms with van der Waals surface area (Å²) in [5, 5.41) is 0. The second kappa shape index (κ2) is 6.20. The quantitative estimate of drug-likeness (QED) is 0.489. The van der Waals surface area contributed by atoms with Crippen molar-refractivity contribution in [1.29, 1.82) is 0 Å². The number of aryl methyl sites for hydroxylation is 1. The average Bonchev–Trinajstić information content (AvgIpc) is 2.68. The number of thiophene rings is 1. The van der Waals surface area contributed by atoms with Gasteiger partial charge < -0.3 is 0 Å². The van der Waals surface area contributed by atoms with Gasteiger partial charge in [0.15, 0.2) is 0 Å². The van der Waals surface area contributed by atoms with Crippen LogP contribution in [0.4, 0.5) is 13.2 Å². The van der Waals surface area contributed by atoms with E-state index in [0.29, 0.717) is 6.42 Å². The second-order valence-corrected chi connectivity index (χ2v) is 8.17. The third-order valence-corrected chi connectivity index (χ3v) is 5.35. The lowest BCUT2D eigenvalue weighted by Gasteiger charge is -2.11. The smallest absolute Gasteiger partial charge is 0.166 e. The van der Waals surface area contributed by atoms with Crippen molar-refractivity contribution in [3.05, 3.63) is 55.7 Å². The summed E-state index contributed by atoms with van der Waals surface area (Å²) in [5.41, 5.74) is 1.44. The zero-order valence-electron chi connectivity index (χ0n) is 10.5. The highest BCUT2D eigenvalue weighted by atomic mass is 79.9. The molecule has 0 amide bonds. The molecule has 20 heavy (non-hydrogen) atoms. The Kier molecular flexibility index (Phi) is 4.97. The average molecular weight is 428 g/mol. The van der Waals surface area contributed by atoms with Crippen LogP contribution in [0.2, 0.25) is 0 Å². The van der Waals surface area contributed by atoms with Gasteiger partial charge in [-0.25, -0.2) is 0 Å². The third kappa shape index (κ3) is 3.86. The Bertz CT molecular complexity index is 587. The first kappa shape index (κ1) is 16.0. The van der Waals surface area contributed by atoms with Gasteiger partial charge in [-0.2, -0.15) is 13.2 Å². The highest BCUT2D eigenvalue weighted by Crippen LogP contribution is 2.37. The first-order valence-corrected chi connectivity index (χ1v) is 8.36. The third-order valence-electron chi connectivity index (χ3n) is 2.96. The number of alkyl halides is 4. The number of rotatable bonds is 3. The highest BCUT2D eigenvalue weighted by Gasteiger charge is 2.30. The number of hydrogen-bond acceptors (Lipinski definition) is 1. The van der Waals surface area contributed by atoms with Crippen LogP contribution < -0.4 is 0 Å². The van der Waals surface area contributed by atoms with E-state index >= 15 is 0 Å². The van der Waals surface area contributed by atoms with Crippen LogP contribution in [0.3, 0.4) is 0 Å². The summed E-state index contributed by atoms with van der Waals surface area (Å²) in [7, 11) is 0. The van der Waals surface area contributed by atoms with Crippen molar-refractivity contribution < 1.29 is 13.2 Å². The van der Waals surface area contributed by atoms with E-state index in [-0.39, 0.29) is 4.83 Å². The molecule has 0 aliphatic heterocycles. The van der Waals surface area contributed by atoms with E-state index in [1.54, 1.807) is 11.3 Å². The molecule has 1 atom stereocenters. The van der Waals surface area contributed by atoms with E-state index in [1.165, 1.54) is 22.6 Å². The van der Waals surface area contributed by atoms with Crippen LogP contribution >= 0.6 is 43.2 Å². The van der Waals surface area contributed by atoms with Gasteiger partial charge in [-0.1, -0.05) is 28.1 Å². The Hall–Kier alpha value is -0.330. The van der Waals surface area contributed by atoms with Gasteiger partial charge in [-0.05, 0) is 58.6 Å². The van der Waals surface area contributed by atoms with Crippen molar-refractivity contribution in [2.75, 3.05) is 0 Å². The van der Waals surface area contributed by atoms with Gasteiger partial charge in [0, 0.05) is 9.70 Å². The van der Waals surface area contributed by atoms with E-state index in [0.717, 1.165) is 21.5 Å². The second-order valence-electron chi connectivity index (χ2n) is 4.43. The molecule has 0 bridgehead atoms. The predicted octanol–water partition coefficient (Wildman–Crippen LogP) is 6.52. The van der Waals surface area contributed by atoms with Gasteiger partial charge in [0.05, 0.1) is 9.35 Å². The molecule has 0 fully saturated rings. The maximum Gasteiger partial charge on any atom is 0.416 e. The minimum Gasteiger partial charge on any atom is -0.166 e. The van der Waals surface area contributed by atoms with Crippen LogP contribution in [-0.4, -0.2) is 0 Å². The van der Waals surface area contributed by atoms with Gasteiger partial charge in [0.2, 0.25) is 0 Å². The number of halogens is 5. The van der Waals surface area contributed by atoms with E-state index in [1.807, 2.05) is 13.0 Å². The summed E-state index contributed by atoms with van der Waals surface area (Å²) in [6.45, 7) is 2.03. The molecule has 0 nitrogen and oxygen atoms in total. The van der Waals surface area contributed by atoms with Gasteiger partial charge in [0.1, 0.15) is 0 Å². The normalized spacial score (nSPS) is 13.5. The van der Waals surface area contributed by atoms with Gasteiger partial charge in [0.25, 0.3) is 0 Å². The Labute approximate surface area is 136 Å². The zero-order valence-corrected chi connectivity index (χ0v) is 14.5. The largest absolute Gasteiger partial charge is 0.416 e. The monoisotopic (exact) mass is 426 g/mol. The Balaban J connectivity index is 2.12. The fraction of sp³-hybridized carbons (Fsp3) is 0.286. The molecule has 0 N–H and O–H groups in total. The fourth-order valence-corrected chi connectivity index (χ4v) is 4.69. The molecule has 108 valence electrons. The van der Waals surface area contributed by atoms with Crippen molar-refractivity contribution in [3.63, 3.8) is 0 Å². The topological polar surface area (TPSA) is 0 Å². The number of benzene rings is 1. The summed E-state index contributed by atoms with van der Waals surface area (Å²) < 4.78 is 38.5. The molecule has 6 heteroatoms. The molecule has 1 aromatic heterocycles. The maximum absolute atomic E-state index is 12.5. The Morgan fingerprint density at radius 1 is 1.20 bits per heavy atom. The van der Waals surface area contributed by atoms with Gasteiger partial charge in [-0.3, -0.25) is 0 Å². The summed E-state index contributed by atoms with van der Waals surface area (Å²) in [5.74, 6) is 0. The summed E-state index contributed by atoms with van der Waals surface area (Å²) in [4.78, 5) is 1.30. The van der Waals surface area contributed by atoms with E-state index in [9.17, 15) is 13.2 Å². The van der Waals surface area contributed by atoms with E-state index in [4.69, 9.17) is 0 Å². The first-order valence-electron chi connectivity index (χ1n) is 5.83. The summed E-state index contributed by atoms with van der Waals surface area (Å²) >= 11 is 8.70. The Morgan fingerprint density at radius 3 is 2.25 bits per heavy atom.